The Bertz CT molecular complexity index is 1280. The number of anilines is 1. The van der Waals surface area contributed by atoms with Crippen molar-refractivity contribution in [1.29, 1.82) is 0 Å². The number of nitrogens with one attached hydrogen (secondary N) is 2. The summed E-state index contributed by atoms with van der Waals surface area (Å²) in [6.07, 6.45) is -4.37. The van der Waals surface area contributed by atoms with Crippen molar-refractivity contribution in [3.8, 4) is 0 Å². The lowest BCUT2D eigenvalue weighted by Crippen LogP contribution is -2.57. The first-order valence-corrected chi connectivity index (χ1v) is 12.6. The molecule has 2 aliphatic rings. The summed E-state index contributed by atoms with van der Waals surface area (Å²) in [5.41, 5.74) is 0.801. The fraction of sp³-hybridized carbons (Fsp3) is 0.444. The van der Waals surface area contributed by atoms with Crippen molar-refractivity contribution < 1.29 is 18.0 Å². The number of carbonyl (C=O) groups excluding carboxylic acids is 1. The van der Waals surface area contributed by atoms with Crippen LogP contribution < -0.4 is 10.6 Å². The molecule has 3 heterocycles. The van der Waals surface area contributed by atoms with E-state index in [9.17, 15) is 18.0 Å². The molecule has 1 fully saturated rings. The van der Waals surface area contributed by atoms with Gasteiger partial charge in [-0.25, -0.2) is 9.97 Å². The van der Waals surface area contributed by atoms with Crippen LogP contribution in [0.3, 0.4) is 0 Å². The van der Waals surface area contributed by atoms with Gasteiger partial charge < -0.3 is 10.6 Å². The second-order valence-corrected chi connectivity index (χ2v) is 10.2. The van der Waals surface area contributed by atoms with Gasteiger partial charge in [0, 0.05) is 44.2 Å². The average molecular weight is 513 g/mol. The largest absolute Gasteiger partial charge is 0.416 e. The zero-order chi connectivity index (χ0) is 26.2. The number of halogens is 3. The SMILES string of the molecule is CC(C)[C@@H]1Nc2nc(nc3ccccc23)CN2CCN(Cc3cccc(C(F)(F)F)c3)CC2CNC1=O. The highest BCUT2D eigenvalue weighted by Crippen LogP contribution is 2.30. The molecule has 2 atom stereocenters. The number of fused-ring (bicyclic) bond motifs is 5. The van der Waals surface area contributed by atoms with Crippen LogP contribution in [0.15, 0.2) is 48.5 Å². The summed E-state index contributed by atoms with van der Waals surface area (Å²) in [6.45, 7) is 7.32. The van der Waals surface area contributed by atoms with Gasteiger partial charge in [0.2, 0.25) is 5.91 Å². The second kappa shape index (κ2) is 10.3. The van der Waals surface area contributed by atoms with Crippen molar-refractivity contribution >= 4 is 22.6 Å². The number of hydrogen-bond donors (Lipinski definition) is 2. The predicted octanol–water partition coefficient (Wildman–Crippen LogP) is 3.90. The lowest BCUT2D eigenvalue weighted by Gasteiger charge is -2.41. The number of alkyl halides is 3. The number of carbonyl (C=O) groups is 1. The van der Waals surface area contributed by atoms with E-state index >= 15 is 0 Å². The summed E-state index contributed by atoms with van der Waals surface area (Å²) in [6, 6.07) is 12.7. The molecule has 5 rings (SSSR count). The maximum Gasteiger partial charge on any atom is 0.416 e. The number of rotatable bonds is 3. The highest BCUT2D eigenvalue weighted by molar-refractivity contribution is 5.92. The Balaban J connectivity index is 1.41. The topological polar surface area (TPSA) is 73.4 Å². The van der Waals surface area contributed by atoms with Gasteiger partial charge in [0.05, 0.1) is 17.6 Å². The summed E-state index contributed by atoms with van der Waals surface area (Å²) in [5, 5.41) is 7.35. The molecule has 7 nitrogen and oxygen atoms in total. The first kappa shape index (κ1) is 25.4. The molecule has 0 radical (unpaired) electrons. The third-order valence-corrected chi connectivity index (χ3v) is 7.10. The summed E-state index contributed by atoms with van der Waals surface area (Å²) >= 11 is 0. The maximum atomic E-state index is 13.2. The molecule has 2 N–H and O–H groups in total. The van der Waals surface area contributed by atoms with Gasteiger partial charge in [-0.05, 0) is 29.7 Å². The smallest absolute Gasteiger partial charge is 0.358 e. The van der Waals surface area contributed by atoms with Gasteiger partial charge in [0.1, 0.15) is 17.7 Å². The summed E-state index contributed by atoms with van der Waals surface area (Å²) < 4.78 is 39.6. The quantitative estimate of drug-likeness (QED) is 0.555. The van der Waals surface area contributed by atoms with Crippen molar-refractivity contribution in [3.63, 3.8) is 0 Å². The Morgan fingerprint density at radius 3 is 2.68 bits per heavy atom. The number of benzene rings is 2. The normalized spacial score (nSPS) is 21.7. The summed E-state index contributed by atoms with van der Waals surface area (Å²) in [5.74, 6) is 1.25. The molecule has 0 aliphatic carbocycles. The molecular weight excluding hydrogens is 481 g/mol. The number of aromatic nitrogens is 2. The van der Waals surface area contributed by atoms with Gasteiger partial charge in [0.25, 0.3) is 0 Å². The third-order valence-electron chi connectivity index (χ3n) is 7.10. The van der Waals surface area contributed by atoms with Crippen LogP contribution in [0, 0.1) is 5.92 Å². The van der Waals surface area contributed by atoms with Crippen LogP contribution in [-0.2, 0) is 24.1 Å². The zero-order valence-electron chi connectivity index (χ0n) is 20.9. The van der Waals surface area contributed by atoms with Crippen LogP contribution in [0.1, 0.15) is 30.8 Å². The molecule has 10 heteroatoms. The van der Waals surface area contributed by atoms with E-state index in [4.69, 9.17) is 9.97 Å². The highest BCUT2D eigenvalue weighted by Gasteiger charge is 2.33. The van der Waals surface area contributed by atoms with Gasteiger partial charge in [0.15, 0.2) is 0 Å². The second-order valence-electron chi connectivity index (χ2n) is 10.2. The van der Waals surface area contributed by atoms with Gasteiger partial charge in [-0.3, -0.25) is 14.6 Å². The molecule has 1 saturated heterocycles. The van der Waals surface area contributed by atoms with Gasteiger partial charge in [-0.2, -0.15) is 13.2 Å². The van der Waals surface area contributed by atoms with E-state index in [1.54, 1.807) is 6.07 Å². The van der Waals surface area contributed by atoms with Crippen molar-refractivity contribution in [1.82, 2.24) is 25.1 Å². The van der Waals surface area contributed by atoms with Crippen LogP contribution in [0.2, 0.25) is 0 Å². The molecule has 1 unspecified atom stereocenters. The minimum absolute atomic E-state index is 0.0257. The van der Waals surface area contributed by atoms with Crippen molar-refractivity contribution in [2.45, 2.75) is 45.2 Å². The number of nitrogens with zero attached hydrogens (tertiary/aromatic N) is 4. The van der Waals surface area contributed by atoms with Crippen molar-refractivity contribution in [2.24, 2.45) is 5.92 Å². The molecule has 0 saturated carbocycles. The van der Waals surface area contributed by atoms with Crippen LogP contribution in [-0.4, -0.2) is 63.9 Å². The van der Waals surface area contributed by atoms with E-state index < -0.39 is 17.8 Å². The molecule has 196 valence electrons. The van der Waals surface area contributed by atoms with E-state index in [1.807, 2.05) is 38.1 Å². The van der Waals surface area contributed by atoms with E-state index in [1.165, 1.54) is 12.1 Å². The molecular formula is C27H31F3N6O. The van der Waals surface area contributed by atoms with Gasteiger partial charge in [-0.1, -0.05) is 44.2 Å². The Kier molecular flexibility index (Phi) is 7.04. The van der Waals surface area contributed by atoms with Crippen LogP contribution in [0.4, 0.5) is 19.0 Å². The lowest BCUT2D eigenvalue weighted by atomic mass is 10.0. The summed E-state index contributed by atoms with van der Waals surface area (Å²) in [7, 11) is 0. The fourth-order valence-corrected chi connectivity index (χ4v) is 5.10. The van der Waals surface area contributed by atoms with E-state index in [0.717, 1.165) is 17.0 Å². The fourth-order valence-electron chi connectivity index (χ4n) is 5.10. The molecule has 0 spiro atoms. The third kappa shape index (κ3) is 5.70. The molecule has 37 heavy (non-hydrogen) atoms. The maximum absolute atomic E-state index is 13.2. The number of amides is 1. The molecule has 2 aliphatic heterocycles. The van der Waals surface area contributed by atoms with Crippen molar-refractivity contribution in [2.75, 3.05) is 31.5 Å². The Labute approximate surface area is 214 Å². The van der Waals surface area contributed by atoms with Gasteiger partial charge >= 0.3 is 6.18 Å². The number of para-hydroxylation sites is 1. The van der Waals surface area contributed by atoms with E-state index in [-0.39, 0.29) is 17.9 Å². The van der Waals surface area contributed by atoms with E-state index in [2.05, 4.69) is 20.4 Å². The first-order chi connectivity index (χ1) is 17.7. The minimum Gasteiger partial charge on any atom is -0.358 e. The predicted molar refractivity (Wildman–Crippen MR) is 136 cm³/mol. The Hall–Kier alpha value is -3.24. The standard InChI is InChI=1S/C27H31F3N6O/c1-17(2)24-26(37)31-13-20-15-35(14-18-6-5-7-19(12-18)27(28,29)30)10-11-36(20)16-23-32-22-9-4-3-8-21(22)25(33-23)34-24/h3-9,12,17,20,24H,10-11,13-16H2,1-2H3,(H,31,37)(H,32,33,34)/t20?,24-/m0/s1. The first-order valence-electron chi connectivity index (χ1n) is 12.6. The Morgan fingerprint density at radius 1 is 1.08 bits per heavy atom. The average Bonchev–Trinajstić information content (AvgIpc) is 2.88. The number of hydrogen-bond acceptors (Lipinski definition) is 6. The van der Waals surface area contributed by atoms with Crippen LogP contribution in [0.5, 0.6) is 0 Å². The molecule has 2 aromatic carbocycles. The molecule has 1 aromatic heterocycles. The molecule has 1 amide bonds. The van der Waals surface area contributed by atoms with Crippen molar-refractivity contribution in [3.05, 3.63) is 65.5 Å². The van der Waals surface area contributed by atoms with Crippen LogP contribution in [0.25, 0.3) is 10.9 Å². The monoisotopic (exact) mass is 512 g/mol. The van der Waals surface area contributed by atoms with E-state index in [0.29, 0.717) is 56.5 Å². The van der Waals surface area contributed by atoms with Gasteiger partial charge in [-0.15, -0.1) is 0 Å². The lowest BCUT2D eigenvalue weighted by molar-refractivity contribution is -0.137. The van der Waals surface area contributed by atoms with Crippen LogP contribution >= 0.6 is 0 Å². The molecule has 2 bridgehead atoms. The molecule has 3 aromatic rings. The summed E-state index contributed by atoms with van der Waals surface area (Å²) in [4.78, 5) is 27.3. The number of piperazine rings is 1. The Morgan fingerprint density at radius 2 is 1.89 bits per heavy atom. The minimum atomic E-state index is -4.37. The highest BCUT2D eigenvalue weighted by atomic mass is 19.4. The zero-order valence-corrected chi connectivity index (χ0v) is 20.9.